The first-order valence-electron chi connectivity index (χ1n) is 11.0. The Morgan fingerprint density at radius 2 is 1.76 bits per heavy atom. The summed E-state index contributed by atoms with van der Waals surface area (Å²) in [6.45, 7) is 4.12. The minimum atomic E-state index is -3.70. The minimum Gasteiger partial charge on any atom is -0.495 e. The van der Waals surface area contributed by atoms with Crippen molar-refractivity contribution >= 4 is 38.1 Å². The predicted molar refractivity (Wildman–Crippen MR) is 134 cm³/mol. The van der Waals surface area contributed by atoms with Gasteiger partial charge in [-0.1, -0.05) is 49.2 Å². The summed E-state index contributed by atoms with van der Waals surface area (Å²) in [6, 6.07) is 13.4. The van der Waals surface area contributed by atoms with Gasteiger partial charge in [0, 0.05) is 43.0 Å². The monoisotopic (exact) mass is 505 g/mol. The van der Waals surface area contributed by atoms with Crippen molar-refractivity contribution < 1.29 is 13.2 Å². The number of halogens is 1. The second-order valence-corrected chi connectivity index (χ2v) is 11.2. The largest absolute Gasteiger partial charge is 0.495 e. The van der Waals surface area contributed by atoms with Gasteiger partial charge in [-0.25, -0.2) is 13.4 Å². The molecule has 0 N–H and O–H groups in total. The molecule has 2 heterocycles. The molecule has 1 fully saturated rings. The van der Waals surface area contributed by atoms with Crippen LogP contribution in [0.25, 0.3) is 0 Å². The molecular formula is C24H28ClN3O3S2. The van der Waals surface area contributed by atoms with Gasteiger partial charge in [-0.05, 0) is 35.7 Å². The third kappa shape index (κ3) is 5.51. The third-order valence-electron chi connectivity index (χ3n) is 5.74. The third-order valence-corrected chi connectivity index (χ3v) is 8.84. The molecule has 0 bridgehead atoms. The van der Waals surface area contributed by atoms with Crippen molar-refractivity contribution in [3.8, 4) is 5.75 Å². The summed E-state index contributed by atoms with van der Waals surface area (Å²) < 4.78 is 33.1. The molecule has 1 saturated heterocycles. The quantitative estimate of drug-likeness (QED) is 0.437. The van der Waals surface area contributed by atoms with E-state index >= 15 is 0 Å². The number of sulfonamides is 1. The molecule has 0 aliphatic carbocycles. The van der Waals surface area contributed by atoms with Crippen molar-refractivity contribution in [1.29, 1.82) is 0 Å². The summed E-state index contributed by atoms with van der Waals surface area (Å²) >= 11 is 7.66. The van der Waals surface area contributed by atoms with Gasteiger partial charge >= 0.3 is 0 Å². The number of nitrogens with zero attached hydrogens (tertiary/aromatic N) is 3. The average Bonchev–Trinajstić information content (AvgIpc) is 3.29. The SMILES string of the molecule is CCCc1ccc(Cc2csc(N3CCN(S(=O)(=O)c4cc(Cl)ccc4OC)CC3)n2)cc1. The smallest absolute Gasteiger partial charge is 0.246 e. The van der Waals surface area contributed by atoms with Crippen LogP contribution in [-0.2, 0) is 22.9 Å². The highest BCUT2D eigenvalue weighted by atomic mass is 35.5. The van der Waals surface area contributed by atoms with Crippen LogP contribution in [0.5, 0.6) is 5.75 Å². The van der Waals surface area contributed by atoms with Crippen LogP contribution in [0.15, 0.2) is 52.7 Å². The van der Waals surface area contributed by atoms with Crippen LogP contribution in [0.1, 0.15) is 30.2 Å². The van der Waals surface area contributed by atoms with Crippen LogP contribution in [-0.4, -0.2) is 51.0 Å². The number of aryl methyl sites for hydroxylation is 1. The summed E-state index contributed by atoms with van der Waals surface area (Å²) in [6.07, 6.45) is 3.05. The van der Waals surface area contributed by atoms with Crippen molar-refractivity contribution in [2.75, 3.05) is 38.2 Å². The van der Waals surface area contributed by atoms with Gasteiger partial charge in [-0.15, -0.1) is 11.3 Å². The van der Waals surface area contributed by atoms with Crippen molar-refractivity contribution in [2.45, 2.75) is 31.1 Å². The Balaban J connectivity index is 1.39. The van der Waals surface area contributed by atoms with Gasteiger partial charge in [-0.2, -0.15) is 4.31 Å². The molecule has 3 aromatic rings. The fourth-order valence-electron chi connectivity index (χ4n) is 3.96. The van der Waals surface area contributed by atoms with Crippen LogP contribution in [0.3, 0.4) is 0 Å². The van der Waals surface area contributed by atoms with E-state index in [0.29, 0.717) is 37.0 Å². The highest BCUT2D eigenvalue weighted by Crippen LogP contribution is 2.31. The van der Waals surface area contributed by atoms with Gasteiger partial charge < -0.3 is 9.64 Å². The summed E-state index contributed by atoms with van der Waals surface area (Å²) in [5.41, 5.74) is 3.65. The molecular weight excluding hydrogens is 478 g/mol. The van der Waals surface area contributed by atoms with E-state index in [9.17, 15) is 8.42 Å². The Morgan fingerprint density at radius 1 is 1.06 bits per heavy atom. The number of rotatable bonds is 8. The first-order valence-corrected chi connectivity index (χ1v) is 13.7. The van der Waals surface area contributed by atoms with E-state index in [-0.39, 0.29) is 4.90 Å². The highest BCUT2D eigenvalue weighted by Gasteiger charge is 2.31. The summed E-state index contributed by atoms with van der Waals surface area (Å²) in [7, 11) is -2.24. The molecule has 0 unspecified atom stereocenters. The molecule has 0 atom stereocenters. The normalized spacial score (nSPS) is 15.1. The lowest BCUT2D eigenvalue weighted by Crippen LogP contribution is -2.48. The number of hydrogen-bond acceptors (Lipinski definition) is 6. The first-order chi connectivity index (χ1) is 15.9. The molecule has 2 aromatic carbocycles. The minimum absolute atomic E-state index is 0.104. The summed E-state index contributed by atoms with van der Waals surface area (Å²) in [5.74, 6) is 0.300. The van der Waals surface area contributed by atoms with Crippen LogP contribution >= 0.6 is 22.9 Å². The summed E-state index contributed by atoms with van der Waals surface area (Å²) in [4.78, 5) is 7.07. The van der Waals surface area contributed by atoms with Crippen LogP contribution in [0.4, 0.5) is 5.13 Å². The summed E-state index contributed by atoms with van der Waals surface area (Å²) in [5, 5.41) is 3.39. The highest BCUT2D eigenvalue weighted by molar-refractivity contribution is 7.89. The van der Waals surface area contributed by atoms with Gasteiger partial charge in [0.05, 0.1) is 12.8 Å². The number of thiazole rings is 1. The molecule has 33 heavy (non-hydrogen) atoms. The number of methoxy groups -OCH3 is 1. The topological polar surface area (TPSA) is 62.7 Å². The molecule has 1 aliphatic rings. The van der Waals surface area contributed by atoms with Crippen molar-refractivity contribution in [3.63, 3.8) is 0 Å². The number of piperazine rings is 1. The number of anilines is 1. The Hall–Kier alpha value is -2.13. The van der Waals surface area contributed by atoms with Gasteiger partial charge in [0.25, 0.3) is 0 Å². The van der Waals surface area contributed by atoms with Gasteiger partial charge in [0.2, 0.25) is 10.0 Å². The average molecular weight is 506 g/mol. The number of aromatic nitrogens is 1. The van der Waals surface area contributed by atoms with E-state index in [2.05, 4.69) is 41.5 Å². The predicted octanol–water partition coefficient (Wildman–Crippen LogP) is 4.86. The van der Waals surface area contributed by atoms with Gasteiger partial charge in [0.15, 0.2) is 5.13 Å². The van der Waals surface area contributed by atoms with Crippen LogP contribution in [0.2, 0.25) is 5.02 Å². The van der Waals surface area contributed by atoms with Gasteiger partial charge in [-0.3, -0.25) is 0 Å². The maximum Gasteiger partial charge on any atom is 0.246 e. The molecule has 1 aliphatic heterocycles. The molecule has 9 heteroatoms. The molecule has 176 valence electrons. The molecule has 1 aromatic heterocycles. The maximum atomic E-state index is 13.2. The lowest BCUT2D eigenvalue weighted by atomic mass is 10.1. The van der Waals surface area contributed by atoms with E-state index in [1.54, 1.807) is 23.5 Å². The zero-order valence-electron chi connectivity index (χ0n) is 18.8. The van der Waals surface area contributed by atoms with E-state index in [1.807, 2.05) is 0 Å². The standard InChI is InChI=1S/C24H28ClN3O3S2/c1-3-4-18-5-7-19(8-6-18)15-21-17-32-24(26-21)27-11-13-28(14-12-27)33(29,30)23-16-20(25)9-10-22(23)31-2/h5-10,16-17H,3-4,11-15H2,1-2H3. The van der Waals surface area contributed by atoms with E-state index in [4.69, 9.17) is 21.3 Å². The maximum absolute atomic E-state index is 13.2. The Bertz CT molecular complexity index is 1190. The Kier molecular flexibility index (Phi) is 7.58. The second-order valence-electron chi connectivity index (χ2n) is 8.05. The number of hydrogen-bond donors (Lipinski definition) is 0. The molecule has 6 nitrogen and oxygen atoms in total. The van der Waals surface area contributed by atoms with E-state index in [1.165, 1.54) is 28.6 Å². The first kappa shape index (κ1) is 24.0. The lowest BCUT2D eigenvalue weighted by Gasteiger charge is -2.34. The Morgan fingerprint density at radius 3 is 2.42 bits per heavy atom. The van der Waals surface area contributed by atoms with Crippen molar-refractivity contribution in [3.05, 3.63) is 69.7 Å². The molecule has 0 amide bonds. The number of benzene rings is 2. The fraction of sp³-hybridized carbons (Fsp3) is 0.375. The van der Waals surface area contributed by atoms with Gasteiger partial charge in [0.1, 0.15) is 10.6 Å². The fourth-order valence-corrected chi connectivity index (χ4v) is 6.67. The molecule has 0 radical (unpaired) electrons. The van der Waals surface area contributed by atoms with Crippen LogP contribution < -0.4 is 9.64 Å². The second kappa shape index (κ2) is 10.4. The van der Waals surface area contributed by atoms with Crippen molar-refractivity contribution in [1.82, 2.24) is 9.29 Å². The molecule has 4 rings (SSSR count). The lowest BCUT2D eigenvalue weighted by molar-refractivity contribution is 0.374. The van der Waals surface area contributed by atoms with Crippen molar-refractivity contribution in [2.24, 2.45) is 0 Å². The molecule has 0 spiro atoms. The van der Waals surface area contributed by atoms with Crippen LogP contribution in [0, 0.1) is 0 Å². The zero-order valence-corrected chi connectivity index (χ0v) is 21.2. The molecule has 0 saturated carbocycles. The number of ether oxygens (including phenoxy) is 1. The zero-order chi connectivity index (χ0) is 23.4. The van der Waals surface area contributed by atoms with E-state index in [0.717, 1.165) is 30.1 Å². The van der Waals surface area contributed by atoms with E-state index < -0.39 is 10.0 Å². The Labute approximate surface area is 204 Å².